The Kier molecular flexibility index (Phi) is 2.13. The van der Waals surface area contributed by atoms with Gasteiger partial charge in [-0.25, -0.2) is 4.98 Å². The van der Waals surface area contributed by atoms with E-state index in [1.165, 1.54) is 0 Å². The van der Waals surface area contributed by atoms with E-state index >= 15 is 0 Å². The van der Waals surface area contributed by atoms with Crippen molar-refractivity contribution in [2.45, 2.75) is 19.1 Å². The van der Waals surface area contributed by atoms with Crippen LogP contribution in [0.15, 0.2) is 12.4 Å². The van der Waals surface area contributed by atoms with Gasteiger partial charge in [0.15, 0.2) is 5.82 Å². The molecule has 1 aromatic rings. The monoisotopic (exact) mass is 194 g/mol. The Morgan fingerprint density at radius 1 is 1.50 bits per heavy atom. The molecule has 1 fully saturated rings. The van der Waals surface area contributed by atoms with E-state index in [2.05, 4.69) is 9.97 Å². The summed E-state index contributed by atoms with van der Waals surface area (Å²) in [5.41, 5.74) is 5.73. The molecule has 0 spiro atoms. The summed E-state index contributed by atoms with van der Waals surface area (Å²) < 4.78 is 0. The molecule has 5 heteroatoms. The lowest BCUT2D eigenvalue weighted by atomic mass is 9.97. The second-order valence-electron chi connectivity index (χ2n) is 3.88. The summed E-state index contributed by atoms with van der Waals surface area (Å²) in [5.74, 6) is 0.793. The molecule has 14 heavy (non-hydrogen) atoms. The first-order chi connectivity index (χ1) is 6.62. The molecule has 0 unspecified atom stereocenters. The van der Waals surface area contributed by atoms with Gasteiger partial charge in [0.2, 0.25) is 0 Å². The van der Waals surface area contributed by atoms with Gasteiger partial charge in [0, 0.05) is 32.0 Å². The van der Waals surface area contributed by atoms with Gasteiger partial charge in [0.05, 0.1) is 11.3 Å². The number of rotatable bonds is 2. The van der Waals surface area contributed by atoms with E-state index in [0.717, 1.165) is 11.5 Å². The zero-order chi connectivity index (χ0) is 10.2. The Hall–Kier alpha value is -1.20. The third-order valence-electron chi connectivity index (χ3n) is 2.31. The van der Waals surface area contributed by atoms with Gasteiger partial charge in [0.1, 0.15) is 0 Å². The van der Waals surface area contributed by atoms with Crippen LogP contribution < -0.4 is 10.6 Å². The Bertz CT molecular complexity index is 331. The van der Waals surface area contributed by atoms with Gasteiger partial charge in [-0.15, -0.1) is 0 Å². The number of nitrogens with zero attached hydrogens (tertiary/aromatic N) is 3. The Morgan fingerprint density at radius 2 is 2.14 bits per heavy atom. The van der Waals surface area contributed by atoms with Crippen LogP contribution in [-0.4, -0.2) is 33.8 Å². The predicted octanol–water partition coefficient (Wildman–Crippen LogP) is -0.494. The molecule has 0 aromatic carbocycles. The largest absolute Gasteiger partial charge is 0.386 e. The Balaban J connectivity index is 2.18. The summed E-state index contributed by atoms with van der Waals surface area (Å²) >= 11 is 0. The SMILES string of the molecule is CC1(O)CN(c2nccnc2CN)C1. The molecule has 1 aliphatic heterocycles. The number of anilines is 1. The number of aliphatic hydroxyl groups is 1. The molecule has 2 heterocycles. The topological polar surface area (TPSA) is 75.3 Å². The molecular weight excluding hydrogens is 180 g/mol. The number of nitrogens with two attached hydrogens (primary N) is 1. The van der Waals surface area contributed by atoms with Crippen molar-refractivity contribution in [1.29, 1.82) is 0 Å². The molecule has 0 atom stereocenters. The lowest BCUT2D eigenvalue weighted by molar-refractivity contribution is 0.0304. The Morgan fingerprint density at radius 3 is 2.71 bits per heavy atom. The van der Waals surface area contributed by atoms with Gasteiger partial charge in [-0.2, -0.15) is 0 Å². The fraction of sp³-hybridized carbons (Fsp3) is 0.556. The van der Waals surface area contributed by atoms with Crippen molar-refractivity contribution in [3.8, 4) is 0 Å². The molecule has 0 radical (unpaired) electrons. The average Bonchev–Trinajstić information content (AvgIpc) is 2.14. The zero-order valence-electron chi connectivity index (χ0n) is 8.14. The molecule has 1 aliphatic rings. The normalized spacial score (nSPS) is 19.2. The van der Waals surface area contributed by atoms with Gasteiger partial charge in [-0.05, 0) is 6.92 Å². The van der Waals surface area contributed by atoms with Crippen LogP contribution in [0.4, 0.5) is 5.82 Å². The molecule has 5 nitrogen and oxygen atoms in total. The minimum Gasteiger partial charge on any atom is -0.386 e. The third kappa shape index (κ3) is 1.56. The van der Waals surface area contributed by atoms with E-state index in [0.29, 0.717) is 19.6 Å². The van der Waals surface area contributed by atoms with Crippen LogP contribution in [0.5, 0.6) is 0 Å². The first-order valence-electron chi connectivity index (χ1n) is 4.60. The molecule has 3 N–H and O–H groups in total. The van der Waals surface area contributed by atoms with Crippen LogP contribution in [0.2, 0.25) is 0 Å². The molecule has 0 amide bonds. The highest BCUT2D eigenvalue weighted by molar-refractivity contribution is 5.47. The minimum atomic E-state index is -0.594. The van der Waals surface area contributed by atoms with Crippen molar-refractivity contribution < 1.29 is 5.11 Å². The van der Waals surface area contributed by atoms with E-state index in [4.69, 9.17) is 5.73 Å². The van der Waals surface area contributed by atoms with Crippen molar-refractivity contribution in [2.24, 2.45) is 5.73 Å². The number of aromatic nitrogens is 2. The van der Waals surface area contributed by atoms with Crippen molar-refractivity contribution in [1.82, 2.24) is 9.97 Å². The zero-order valence-corrected chi connectivity index (χ0v) is 8.14. The summed E-state index contributed by atoms with van der Waals surface area (Å²) in [5, 5.41) is 9.59. The second-order valence-corrected chi connectivity index (χ2v) is 3.88. The van der Waals surface area contributed by atoms with Crippen LogP contribution in [-0.2, 0) is 6.54 Å². The lowest BCUT2D eigenvalue weighted by Gasteiger charge is -2.45. The number of β-amino-alcohol motifs (C(OH)–C–C–N with tert-alkyl or cyclic N) is 1. The smallest absolute Gasteiger partial charge is 0.151 e. The molecule has 1 saturated heterocycles. The van der Waals surface area contributed by atoms with Crippen LogP contribution >= 0.6 is 0 Å². The first kappa shape index (κ1) is 9.36. The van der Waals surface area contributed by atoms with E-state index < -0.39 is 5.60 Å². The van der Waals surface area contributed by atoms with E-state index in [1.54, 1.807) is 12.4 Å². The van der Waals surface area contributed by atoms with Crippen LogP contribution in [0.3, 0.4) is 0 Å². The van der Waals surface area contributed by atoms with Gasteiger partial charge in [0.25, 0.3) is 0 Å². The quantitative estimate of drug-likeness (QED) is 0.664. The highest BCUT2D eigenvalue weighted by atomic mass is 16.3. The second kappa shape index (κ2) is 3.18. The van der Waals surface area contributed by atoms with E-state index in [-0.39, 0.29) is 0 Å². The summed E-state index contributed by atoms with van der Waals surface area (Å²) in [6.45, 7) is 3.38. The van der Waals surface area contributed by atoms with Gasteiger partial charge < -0.3 is 15.7 Å². The third-order valence-corrected chi connectivity index (χ3v) is 2.31. The molecular formula is C9H14N4O. The maximum absolute atomic E-state index is 9.59. The van der Waals surface area contributed by atoms with E-state index in [1.807, 2.05) is 11.8 Å². The number of hydrogen-bond donors (Lipinski definition) is 2. The van der Waals surface area contributed by atoms with Crippen LogP contribution in [0.1, 0.15) is 12.6 Å². The van der Waals surface area contributed by atoms with Crippen molar-refractivity contribution in [2.75, 3.05) is 18.0 Å². The first-order valence-corrected chi connectivity index (χ1v) is 4.60. The molecule has 0 aliphatic carbocycles. The van der Waals surface area contributed by atoms with Gasteiger partial charge in [-0.3, -0.25) is 4.98 Å². The fourth-order valence-electron chi connectivity index (χ4n) is 1.69. The predicted molar refractivity (Wildman–Crippen MR) is 52.8 cm³/mol. The fourth-order valence-corrected chi connectivity index (χ4v) is 1.69. The molecule has 0 saturated carbocycles. The van der Waals surface area contributed by atoms with Crippen LogP contribution in [0, 0.1) is 0 Å². The lowest BCUT2D eigenvalue weighted by Crippen LogP contribution is -2.60. The molecule has 2 rings (SSSR count). The van der Waals surface area contributed by atoms with Crippen molar-refractivity contribution >= 4 is 5.82 Å². The number of hydrogen-bond acceptors (Lipinski definition) is 5. The average molecular weight is 194 g/mol. The standard InChI is InChI=1S/C9H14N4O/c1-9(14)5-13(6-9)8-7(4-10)11-2-3-12-8/h2-3,14H,4-6,10H2,1H3. The van der Waals surface area contributed by atoms with Gasteiger partial charge in [-0.1, -0.05) is 0 Å². The Labute approximate surface area is 82.6 Å². The summed E-state index contributed by atoms with van der Waals surface area (Å²) in [6.07, 6.45) is 3.27. The highest BCUT2D eigenvalue weighted by Gasteiger charge is 2.38. The van der Waals surface area contributed by atoms with Crippen molar-refractivity contribution in [3.63, 3.8) is 0 Å². The summed E-state index contributed by atoms with van der Waals surface area (Å²) in [4.78, 5) is 10.3. The molecule has 0 bridgehead atoms. The van der Waals surface area contributed by atoms with Crippen molar-refractivity contribution in [3.05, 3.63) is 18.1 Å². The summed E-state index contributed by atoms with van der Waals surface area (Å²) in [7, 11) is 0. The minimum absolute atomic E-state index is 0.377. The highest BCUT2D eigenvalue weighted by Crippen LogP contribution is 2.26. The van der Waals surface area contributed by atoms with E-state index in [9.17, 15) is 5.11 Å². The maximum Gasteiger partial charge on any atom is 0.151 e. The maximum atomic E-state index is 9.59. The molecule has 76 valence electrons. The summed E-state index contributed by atoms with van der Waals surface area (Å²) in [6, 6.07) is 0. The van der Waals surface area contributed by atoms with Crippen LogP contribution in [0.25, 0.3) is 0 Å². The molecule has 1 aromatic heterocycles. The van der Waals surface area contributed by atoms with Gasteiger partial charge >= 0.3 is 0 Å².